The minimum Gasteiger partial charge on any atom is -0.382 e. The Labute approximate surface area is 114 Å². The Morgan fingerprint density at radius 2 is 1.84 bits per heavy atom. The van der Waals surface area contributed by atoms with Crippen molar-refractivity contribution in [2.45, 2.75) is 39.8 Å². The molecule has 0 unspecified atom stereocenters. The molecular formula is C13H23N5O. The van der Waals surface area contributed by atoms with Crippen molar-refractivity contribution in [3.05, 3.63) is 18.1 Å². The first-order valence-corrected chi connectivity index (χ1v) is 6.54. The fourth-order valence-electron chi connectivity index (χ4n) is 2.02. The van der Waals surface area contributed by atoms with Gasteiger partial charge in [0.05, 0.1) is 0 Å². The van der Waals surface area contributed by atoms with Gasteiger partial charge in [-0.15, -0.1) is 0 Å². The molecule has 0 fully saturated rings. The van der Waals surface area contributed by atoms with Crippen LogP contribution < -0.4 is 11.1 Å². The van der Waals surface area contributed by atoms with Gasteiger partial charge >= 0.3 is 0 Å². The first-order chi connectivity index (χ1) is 8.93. The van der Waals surface area contributed by atoms with Gasteiger partial charge in [-0.2, -0.15) is 0 Å². The summed E-state index contributed by atoms with van der Waals surface area (Å²) >= 11 is 0. The summed E-state index contributed by atoms with van der Waals surface area (Å²) in [5, 5.41) is 2.82. The average molecular weight is 265 g/mol. The summed E-state index contributed by atoms with van der Waals surface area (Å²) in [6, 6.07) is 0.886. The summed E-state index contributed by atoms with van der Waals surface area (Å²) in [6.45, 7) is 9.92. The molecule has 0 aromatic carbocycles. The highest BCUT2D eigenvalue weighted by Crippen LogP contribution is 2.04. The first kappa shape index (κ1) is 15.4. The Morgan fingerprint density at radius 1 is 1.26 bits per heavy atom. The van der Waals surface area contributed by atoms with Crippen molar-refractivity contribution in [2.24, 2.45) is 0 Å². The molecule has 1 aromatic rings. The molecule has 0 saturated carbocycles. The Bertz CT molecular complexity index is 411. The Kier molecular flexibility index (Phi) is 5.69. The van der Waals surface area contributed by atoms with E-state index in [0.29, 0.717) is 18.6 Å². The summed E-state index contributed by atoms with van der Waals surface area (Å²) < 4.78 is 0. The number of carbonyl (C=O) groups is 1. The normalized spacial score (nSPS) is 11.3. The number of rotatable bonds is 6. The molecule has 1 heterocycles. The second-order valence-electron chi connectivity index (χ2n) is 4.97. The van der Waals surface area contributed by atoms with E-state index in [9.17, 15) is 4.79 Å². The van der Waals surface area contributed by atoms with Crippen molar-refractivity contribution in [2.75, 3.05) is 18.8 Å². The smallest absolute Gasteiger partial charge is 0.273 e. The van der Waals surface area contributed by atoms with Gasteiger partial charge in [-0.25, -0.2) is 9.97 Å². The van der Waals surface area contributed by atoms with Crippen LogP contribution in [0.1, 0.15) is 38.2 Å². The zero-order valence-corrected chi connectivity index (χ0v) is 12.1. The van der Waals surface area contributed by atoms with Crippen LogP contribution in [0.5, 0.6) is 0 Å². The predicted molar refractivity (Wildman–Crippen MR) is 75.8 cm³/mol. The van der Waals surface area contributed by atoms with Crippen LogP contribution in [-0.2, 0) is 0 Å². The monoisotopic (exact) mass is 265 g/mol. The number of hydrogen-bond donors (Lipinski definition) is 2. The van der Waals surface area contributed by atoms with E-state index in [1.54, 1.807) is 0 Å². The Morgan fingerprint density at radius 3 is 2.37 bits per heavy atom. The summed E-state index contributed by atoms with van der Waals surface area (Å²) in [6.07, 6.45) is 2.92. The second kappa shape index (κ2) is 7.04. The van der Waals surface area contributed by atoms with Gasteiger partial charge in [0.2, 0.25) is 0 Å². The third-order valence-corrected chi connectivity index (χ3v) is 2.92. The largest absolute Gasteiger partial charge is 0.382 e. The van der Waals surface area contributed by atoms with E-state index in [1.165, 1.54) is 12.4 Å². The highest BCUT2D eigenvalue weighted by atomic mass is 16.1. The molecule has 0 bridgehead atoms. The zero-order valence-electron chi connectivity index (χ0n) is 12.1. The van der Waals surface area contributed by atoms with Crippen LogP contribution in [0, 0.1) is 0 Å². The highest BCUT2D eigenvalue weighted by Gasteiger charge is 2.15. The lowest BCUT2D eigenvalue weighted by Crippen LogP contribution is -2.42. The maximum absolute atomic E-state index is 11.9. The third kappa shape index (κ3) is 4.48. The van der Waals surface area contributed by atoms with Gasteiger partial charge in [-0.1, -0.05) is 0 Å². The first-order valence-electron chi connectivity index (χ1n) is 6.54. The van der Waals surface area contributed by atoms with Crippen LogP contribution in [0.4, 0.5) is 5.82 Å². The fourth-order valence-corrected chi connectivity index (χ4v) is 2.02. The van der Waals surface area contributed by atoms with Gasteiger partial charge in [0.15, 0.2) is 11.5 Å². The number of aromatic nitrogens is 2. The molecule has 0 spiro atoms. The lowest BCUT2D eigenvalue weighted by molar-refractivity contribution is 0.0935. The van der Waals surface area contributed by atoms with Crippen LogP contribution in [0.25, 0.3) is 0 Å². The molecule has 0 atom stereocenters. The quantitative estimate of drug-likeness (QED) is 0.798. The van der Waals surface area contributed by atoms with Crippen molar-refractivity contribution in [3.8, 4) is 0 Å². The zero-order chi connectivity index (χ0) is 14.4. The minimum absolute atomic E-state index is 0.157. The van der Waals surface area contributed by atoms with E-state index in [4.69, 9.17) is 5.73 Å². The number of nitrogen functional groups attached to an aromatic ring is 1. The lowest BCUT2D eigenvalue weighted by atomic mass is 10.2. The molecule has 0 aliphatic rings. The summed E-state index contributed by atoms with van der Waals surface area (Å²) in [5.74, 6) is -0.123. The second-order valence-corrected chi connectivity index (χ2v) is 4.97. The molecule has 6 heteroatoms. The summed E-state index contributed by atoms with van der Waals surface area (Å²) in [5.41, 5.74) is 5.79. The van der Waals surface area contributed by atoms with Crippen LogP contribution in [0.3, 0.4) is 0 Å². The van der Waals surface area contributed by atoms with E-state index >= 15 is 0 Å². The van der Waals surface area contributed by atoms with E-state index in [1.807, 2.05) is 0 Å². The molecule has 106 valence electrons. The Hall–Kier alpha value is -1.69. The van der Waals surface area contributed by atoms with Crippen LogP contribution >= 0.6 is 0 Å². The maximum Gasteiger partial charge on any atom is 0.273 e. The molecule has 1 rings (SSSR count). The van der Waals surface area contributed by atoms with E-state index in [-0.39, 0.29) is 17.4 Å². The Balaban J connectivity index is 2.49. The van der Waals surface area contributed by atoms with Crippen LogP contribution in [-0.4, -0.2) is 45.9 Å². The number of hydrogen-bond acceptors (Lipinski definition) is 5. The number of amides is 1. The number of anilines is 1. The van der Waals surface area contributed by atoms with E-state index in [0.717, 1.165) is 6.54 Å². The van der Waals surface area contributed by atoms with E-state index in [2.05, 4.69) is 47.9 Å². The van der Waals surface area contributed by atoms with Crippen molar-refractivity contribution in [1.82, 2.24) is 20.2 Å². The van der Waals surface area contributed by atoms with Gasteiger partial charge in [-0.05, 0) is 27.7 Å². The van der Waals surface area contributed by atoms with Gasteiger partial charge in [0, 0.05) is 37.6 Å². The van der Waals surface area contributed by atoms with Crippen molar-refractivity contribution in [3.63, 3.8) is 0 Å². The number of carbonyl (C=O) groups excluding carboxylic acids is 1. The molecule has 1 amide bonds. The van der Waals surface area contributed by atoms with Crippen molar-refractivity contribution in [1.29, 1.82) is 0 Å². The SMILES string of the molecule is CC(C)N(CCNC(=O)c1nccnc1N)C(C)C. The number of nitrogens with two attached hydrogens (primary N) is 1. The number of nitrogens with one attached hydrogen (secondary N) is 1. The molecule has 19 heavy (non-hydrogen) atoms. The van der Waals surface area contributed by atoms with E-state index < -0.39 is 0 Å². The summed E-state index contributed by atoms with van der Waals surface area (Å²) in [4.78, 5) is 22.0. The van der Waals surface area contributed by atoms with Gasteiger partial charge < -0.3 is 11.1 Å². The molecule has 1 aromatic heterocycles. The lowest BCUT2D eigenvalue weighted by Gasteiger charge is -2.30. The topological polar surface area (TPSA) is 84.1 Å². The molecule has 3 N–H and O–H groups in total. The molecule has 0 aliphatic heterocycles. The van der Waals surface area contributed by atoms with Gasteiger partial charge in [0.25, 0.3) is 5.91 Å². The maximum atomic E-state index is 11.9. The van der Waals surface area contributed by atoms with Gasteiger partial charge in [0.1, 0.15) is 0 Å². The molecule has 0 aliphatic carbocycles. The molecule has 0 radical (unpaired) electrons. The minimum atomic E-state index is -0.280. The molecular weight excluding hydrogens is 242 g/mol. The molecule has 6 nitrogen and oxygen atoms in total. The third-order valence-electron chi connectivity index (χ3n) is 2.92. The molecule has 0 saturated heterocycles. The average Bonchev–Trinajstić information content (AvgIpc) is 2.33. The fraction of sp³-hybridized carbons (Fsp3) is 0.615. The van der Waals surface area contributed by atoms with Gasteiger partial charge in [-0.3, -0.25) is 9.69 Å². The van der Waals surface area contributed by atoms with Crippen molar-refractivity contribution < 1.29 is 4.79 Å². The highest BCUT2D eigenvalue weighted by molar-refractivity contribution is 5.96. The number of nitrogens with zero attached hydrogens (tertiary/aromatic N) is 3. The van der Waals surface area contributed by atoms with Crippen LogP contribution in [0.15, 0.2) is 12.4 Å². The summed E-state index contributed by atoms with van der Waals surface area (Å²) in [7, 11) is 0. The van der Waals surface area contributed by atoms with Crippen LogP contribution in [0.2, 0.25) is 0 Å². The standard InChI is InChI=1S/C13H23N5O/c1-9(2)18(10(3)4)8-7-17-13(19)11-12(14)16-6-5-15-11/h5-6,9-10H,7-8H2,1-4H3,(H2,14,16)(H,17,19). The predicted octanol–water partition coefficient (Wildman–Crippen LogP) is 0.907. The van der Waals surface area contributed by atoms with Crippen molar-refractivity contribution >= 4 is 11.7 Å².